The van der Waals surface area contributed by atoms with Gasteiger partial charge in [0.1, 0.15) is 5.75 Å². The second-order valence-electron chi connectivity index (χ2n) is 5.25. The minimum absolute atomic E-state index is 0.0337. The number of ether oxygens (including phenoxy) is 1. The maximum absolute atomic E-state index is 11.0. The molecule has 1 aromatic rings. The number of nitro benzene ring substituents is 1. The average molecular weight is 280 g/mol. The van der Waals surface area contributed by atoms with Crippen molar-refractivity contribution >= 4 is 11.4 Å². The fourth-order valence-corrected chi connectivity index (χ4v) is 2.49. The summed E-state index contributed by atoms with van der Waals surface area (Å²) in [6, 6.07) is 4.80. The molecule has 0 amide bonds. The highest BCUT2D eigenvalue weighted by Gasteiger charge is 2.28. The van der Waals surface area contributed by atoms with Crippen LogP contribution in [0.25, 0.3) is 0 Å². The molecule has 6 heteroatoms. The molecular formula is C14H20N2O4. The fraction of sp³-hybridized carbons (Fsp3) is 0.571. The second-order valence-corrected chi connectivity index (χ2v) is 5.25. The minimum atomic E-state index is -0.410. The number of benzene rings is 1. The van der Waals surface area contributed by atoms with Crippen LogP contribution in [0, 0.1) is 16.0 Å². The summed E-state index contributed by atoms with van der Waals surface area (Å²) in [7, 11) is 1.90. The van der Waals surface area contributed by atoms with Gasteiger partial charge in [-0.3, -0.25) is 10.1 Å². The molecule has 1 aliphatic carbocycles. The summed E-state index contributed by atoms with van der Waals surface area (Å²) in [5.41, 5.74) is 0.801. The number of rotatable bonds is 6. The van der Waals surface area contributed by atoms with Gasteiger partial charge in [0.05, 0.1) is 23.7 Å². The first-order valence-electron chi connectivity index (χ1n) is 6.81. The summed E-state index contributed by atoms with van der Waals surface area (Å²) < 4.78 is 5.38. The molecule has 0 saturated heterocycles. The largest absolute Gasteiger partial charge is 0.494 e. The first kappa shape index (κ1) is 14.6. The third-order valence-corrected chi connectivity index (χ3v) is 3.58. The molecule has 1 fully saturated rings. The normalized spacial score (nSPS) is 21.1. The van der Waals surface area contributed by atoms with Crippen molar-refractivity contribution in [3.05, 3.63) is 28.3 Å². The quantitative estimate of drug-likeness (QED) is 0.638. The van der Waals surface area contributed by atoms with Crippen molar-refractivity contribution in [2.75, 3.05) is 25.1 Å². The molecule has 1 N–H and O–H groups in total. The number of nitrogens with zero attached hydrogens (tertiary/aromatic N) is 2. The number of nitro groups is 1. The molecule has 1 aliphatic rings. The van der Waals surface area contributed by atoms with Gasteiger partial charge in [-0.15, -0.1) is 0 Å². The lowest BCUT2D eigenvalue weighted by molar-refractivity contribution is -0.384. The smallest absolute Gasteiger partial charge is 0.275 e. The Bertz CT molecular complexity index is 486. The van der Waals surface area contributed by atoms with Crippen molar-refractivity contribution in [2.24, 2.45) is 5.92 Å². The Kier molecular flexibility index (Phi) is 4.44. The highest BCUT2D eigenvalue weighted by atomic mass is 16.6. The Hall–Kier alpha value is -1.82. The third-order valence-electron chi connectivity index (χ3n) is 3.58. The Labute approximate surface area is 118 Å². The van der Waals surface area contributed by atoms with Gasteiger partial charge in [-0.1, -0.05) is 0 Å². The Morgan fingerprint density at radius 2 is 2.15 bits per heavy atom. The summed E-state index contributed by atoms with van der Waals surface area (Å²) in [5, 5.41) is 20.3. The number of aliphatic hydroxyl groups excluding tert-OH is 1. The van der Waals surface area contributed by atoms with Crippen LogP contribution >= 0.6 is 0 Å². The highest BCUT2D eigenvalue weighted by molar-refractivity contribution is 5.57. The number of non-ortho nitro benzene ring substituents is 1. The van der Waals surface area contributed by atoms with Gasteiger partial charge in [0.15, 0.2) is 0 Å². The Balaban J connectivity index is 2.13. The number of hydrogen-bond donors (Lipinski definition) is 1. The first-order chi connectivity index (χ1) is 9.49. The zero-order valence-electron chi connectivity index (χ0n) is 11.8. The molecule has 20 heavy (non-hydrogen) atoms. The molecule has 0 bridgehead atoms. The van der Waals surface area contributed by atoms with Gasteiger partial charge in [-0.2, -0.15) is 0 Å². The van der Waals surface area contributed by atoms with Crippen LogP contribution in [-0.4, -0.2) is 36.3 Å². The minimum Gasteiger partial charge on any atom is -0.494 e. The van der Waals surface area contributed by atoms with Crippen molar-refractivity contribution in [1.29, 1.82) is 0 Å². The lowest BCUT2D eigenvalue weighted by Gasteiger charge is -2.35. The van der Waals surface area contributed by atoms with E-state index in [0.29, 0.717) is 18.3 Å². The molecule has 0 aromatic heterocycles. The van der Waals surface area contributed by atoms with Crippen LogP contribution in [0.1, 0.15) is 19.8 Å². The monoisotopic (exact) mass is 280 g/mol. The van der Waals surface area contributed by atoms with Crippen LogP contribution in [-0.2, 0) is 0 Å². The molecule has 1 saturated carbocycles. The van der Waals surface area contributed by atoms with Crippen LogP contribution in [0.2, 0.25) is 0 Å². The Morgan fingerprint density at radius 1 is 1.45 bits per heavy atom. The van der Waals surface area contributed by atoms with Crippen LogP contribution in [0.3, 0.4) is 0 Å². The summed E-state index contributed by atoms with van der Waals surface area (Å²) in [6.07, 6.45) is 1.42. The molecule has 0 spiro atoms. The average Bonchev–Trinajstić information content (AvgIpc) is 2.36. The van der Waals surface area contributed by atoms with E-state index in [1.165, 1.54) is 6.07 Å². The summed E-state index contributed by atoms with van der Waals surface area (Å²) in [4.78, 5) is 12.5. The fourth-order valence-electron chi connectivity index (χ4n) is 2.49. The van der Waals surface area contributed by atoms with Crippen LogP contribution < -0.4 is 9.64 Å². The zero-order chi connectivity index (χ0) is 14.7. The van der Waals surface area contributed by atoms with E-state index in [4.69, 9.17) is 4.74 Å². The van der Waals surface area contributed by atoms with E-state index in [0.717, 1.165) is 25.1 Å². The zero-order valence-corrected chi connectivity index (χ0v) is 11.8. The first-order valence-corrected chi connectivity index (χ1v) is 6.81. The number of hydrogen-bond acceptors (Lipinski definition) is 5. The number of aliphatic hydroxyl groups is 1. The standard InChI is InChI=1S/C14H20N2O4/c1-3-20-14-7-11(6-12(8-14)16(18)19)15(2)9-10-4-13(17)5-10/h6-8,10,13,17H,3-5,9H2,1-2H3. The lowest BCUT2D eigenvalue weighted by Crippen LogP contribution is -2.37. The van der Waals surface area contributed by atoms with E-state index in [2.05, 4.69) is 0 Å². The summed E-state index contributed by atoms with van der Waals surface area (Å²) >= 11 is 0. The van der Waals surface area contributed by atoms with Gasteiger partial charge in [-0.05, 0) is 25.7 Å². The topological polar surface area (TPSA) is 75.8 Å². The van der Waals surface area contributed by atoms with E-state index < -0.39 is 4.92 Å². The van der Waals surface area contributed by atoms with E-state index in [1.807, 2.05) is 24.9 Å². The van der Waals surface area contributed by atoms with Crippen LogP contribution in [0.15, 0.2) is 18.2 Å². The molecule has 0 atom stereocenters. The van der Waals surface area contributed by atoms with Crippen LogP contribution in [0.5, 0.6) is 5.75 Å². The molecule has 0 aliphatic heterocycles. The SMILES string of the molecule is CCOc1cc(N(C)CC2CC(O)C2)cc([N+](=O)[O-])c1. The van der Waals surface area contributed by atoms with Crippen LogP contribution in [0.4, 0.5) is 11.4 Å². The van der Waals surface area contributed by atoms with Gasteiger partial charge in [-0.25, -0.2) is 0 Å². The van der Waals surface area contributed by atoms with E-state index in [1.54, 1.807) is 6.07 Å². The number of anilines is 1. The molecule has 0 radical (unpaired) electrons. The molecule has 0 unspecified atom stereocenters. The lowest BCUT2D eigenvalue weighted by atomic mass is 9.82. The van der Waals surface area contributed by atoms with Gasteiger partial charge < -0.3 is 14.7 Å². The van der Waals surface area contributed by atoms with Gasteiger partial charge in [0.2, 0.25) is 0 Å². The van der Waals surface area contributed by atoms with Gasteiger partial charge in [0, 0.05) is 31.4 Å². The van der Waals surface area contributed by atoms with Crippen molar-refractivity contribution in [3.63, 3.8) is 0 Å². The molecule has 2 rings (SSSR count). The summed E-state index contributed by atoms with van der Waals surface area (Å²) in [6.45, 7) is 3.10. The van der Waals surface area contributed by atoms with Gasteiger partial charge >= 0.3 is 0 Å². The molecule has 0 heterocycles. The highest BCUT2D eigenvalue weighted by Crippen LogP contribution is 2.32. The Morgan fingerprint density at radius 3 is 2.70 bits per heavy atom. The van der Waals surface area contributed by atoms with Crippen molar-refractivity contribution in [1.82, 2.24) is 0 Å². The van der Waals surface area contributed by atoms with E-state index in [9.17, 15) is 15.2 Å². The third kappa shape index (κ3) is 3.39. The second kappa shape index (κ2) is 6.09. The molecule has 1 aromatic carbocycles. The van der Waals surface area contributed by atoms with Gasteiger partial charge in [0.25, 0.3) is 5.69 Å². The van der Waals surface area contributed by atoms with Crippen molar-refractivity contribution in [3.8, 4) is 5.75 Å². The van der Waals surface area contributed by atoms with E-state index >= 15 is 0 Å². The summed E-state index contributed by atoms with van der Waals surface area (Å²) in [5.74, 6) is 0.960. The predicted octanol–water partition coefficient (Wildman–Crippen LogP) is 2.20. The van der Waals surface area contributed by atoms with Crippen molar-refractivity contribution in [2.45, 2.75) is 25.9 Å². The van der Waals surface area contributed by atoms with Crippen molar-refractivity contribution < 1.29 is 14.8 Å². The molecular weight excluding hydrogens is 260 g/mol. The molecule has 6 nitrogen and oxygen atoms in total. The maximum atomic E-state index is 11.0. The predicted molar refractivity (Wildman–Crippen MR) is 76.3 cm³/mol. The molecule has 110 valence electrons. The van der Waals surface area contributed by atoms with E-state index in [-0.39, 0.29) is 11.8 Å². The maximum Gasteiger partial charge on any atom is 0.275 e.